The average molecular weight is 318 g/mol. The van der Waals surface area contributed by atoms with E-state index in [1.54, 1.807) is 24.3 Å². The molecular weight excluding hydrogens is 300 g/mol. The molecule has 1 saturated heterocycles. The molecule has 1 amide bonds. The Morgan fingerprint density at radius 1 is 1.39 bits per heavy atom. The second-order valence-electron chi connectivity index (χ2n) is 5.29. The molecule has 1 fully saturated rings. The zero-order chi connectivity index (χ0) is 16.1. The second-order valence-corrected chi connectivity index (χ2v) is 5.29. The Morgan fingerprint density at radius 2 is 2.22 bits per heavy atom. The number of nitrogens with zero attached hydrogens (tertiary/aromatic N) is 3. The van der Waals surface area contributed by atoms with Crippen LogP contribution in [0.25, 0.3) is 5.69 Å². The summed E-state index contributed by atoms with van der Waals surface area (Å²) in [6.45, 7) is 1.82. The Balaban J connectivity index is 1.52. The van der Waals surface area contributed by atoms with Crippen LogP contribution in [0.3, 0.4) is 0 Å². The van der Waals surface area contributed by atoms with Crippen molar-refractivity contribution in [2.45, 2.75) is 18.9 Å². The third-order valence-electron chi connectivity index (χ3n) is 3.57. The minimum atomic E-state index is -0.420. The highest BCUT2D eigenvalue weighted by atomic mass is 16.5. The van der Waals surface area contributed by atoms with E-state index in [0.717, 1.165) is 30.6 Å². The lowest BCUT2D eigenvalue weighted by atomic mass is 10.1. The maximum absolute atomic E-state index is 11.9. The largest absolute Gasteiger partial charge is 0.367 e. The molecule has 122 valence electrons. The van der Waals surface area contributed by atoms with Crippen molar-refractivity contribution in [1.29, 1.82) is 0 Å². The fourth-order valence-corrected chi connectivity index (χ4v) is 2.41. The number of piperidine rings is 1. The molecule has 1 aliphatic rings. The predicted octanol–water partition coefficient (Wildman–Crippen LogP) is -0.337. The Labute approximate surface area is 132 Å². The lowest BCUT2D eigenvalue weighted by Gasteiger charge is -2.22. The van der Waals surface area contributed by atoms with Crippen LogP contribution < -0.4 is 16.3 Å². The van der Waals surface area contributed by atoms with Crippen LogP contribution in [-0.4, -0.2) is 51.9 Å². The molecule has 3 N–H and O–H groups in total. The maximum atomic E-state index is 11.9. The summed E-state index contributed by atoms with van der Waals surface area (Å²) in [4.78, 5) is 23.3. The summed E-state index contributed by atoms with van der Waals surface area (Å²) in [5, 5.41) is 15.3. The van der Waals surface area contributed by atoms with Crippen LogP contribution in [0.2, 0.25) is 0 Å². The summed E-state index contributed by atoms with van der Waals surface area (Å²) in [5.41, 5.74) is 0.767. The molecule has 23 heavy (non-hydrogen) atoms. The van der Waals surface area contributed by atoms with Crippen molar-refractivity contribution in [3.63, 3.8) is 0 Å². The molecule has 0 bridgehead atoms. The first-order chi connectivity index (χ1) is 11.2. The van der Waals surface area contributed by atoms with Gasteiger partial charge < -0.3 is 15.4 Å². The molecule has 2 heterocycles. The highest BCUT2D eigenvalue weighted by molar-refractivity contribution is 5.91. The van der Waals surface area contributed by atoms with Crippen molar-refractivity contribution in [2.75, 3.05) is 25.0 Å². The summed E-state index contributed by atoms with van der Waals surface area (Å²) < 4.78 is 6.70. The van der Waals surface area contributed by atoms with Gasteiger partial charge in [0.2, 0.25) is 5.91 Å². The van der Waals surface area contributed by atoms with Gasteiger partial charge in [0.05, 0.1) is 11.8 Å². The highest BCUT2D eigenvalue weighted by Crippen LogP contribution is 2.11. The van der Waals surface area contributed by atoms with Crippen LogP contribution in [0.1, 0.15) is 12.8 Å². The molecule has 9 heteroatoms. The zero-order valence-corrected chi connectivity index (χ0v) is 12.5. The molecular formula is C14H18N6O3. The van der Waals surface area contributed by atoms with E-state index in [9.17, 15) is 9.59 Å². The monoisotopic (exact) mass is 318 g/mol. The fourth-order valence-electron chi connectivity index (χ4n) is 2.41. The van der Waals surface area contributed by atoms with Gasteiger partial charge in [-0.2, -0.15) is 4.68 Å². The van der Waals surface area contributed by atoms with E-state index in [0.29, 0.717) is 11.4 Å². The number of aromatic amines is 1. The van der Waals surface area contributed by atoms with Crippen molar-refractivity contribution in [1.82, 2.24) is 25.5 Å². The van der Waals surface area contributed by atoms with E-state index in [4.69, 9.17) is 4.74 Å². The van der Waals surface area contributed by atoms with Gasteiger partial charge in [0.1, 0.15) is 6.61 Å². The average Bonchev–Trinajstić information content (AvgIpc) is 3.01. The van der Waals surface area contributed by atoms with Crippen molar-refractivity contribution >= 4 is 11.6 Å². The normalized spacial score (nSPS) is 17.8. The number of tetrazole rings is 1. The van der Waals surface area contributed by atoms with Crippen LogP contribution in [-0.2, 0) is 9.53 Å². The van der Waals surface area contributed by atoms with E-state index < -0.39 is 5.69 Å². The summed E-state index contributed by atoms with van der Waals surface area (Å²) >= 11 is 0. The van der Waals surface area contributed by atoms with Gasteiger partial charge in [0.25, 0.3) is 0 Å². The first-order valence-electron chi connectivity index (χ1n) is 7.45. The van der Waals surface area contributed by atoms with Crippen LogP contribution in [0.4, 0.5) is 5.69 Å². The Morgan fingerprint density at radius 3 is 2.87 bits per heavy atom. The molecule has 9 nitrogen and oxygen atoms in total. The van der Waals surface area contributed by atoms with Gasteiger partial charge in [-0.1, -0.05) is 0 Å². The Kier molecular flexibility index (Phi) is 4.79. The molecule has 1 unspecified atom stereocenters. The number of hydrogen-bond acceptors (Lipinski definition) is 6. The number of nitrogens with one attached hydrogen (secondary N) is 3. The number of carbonyl (C=O) groups is 1. The van der Waals surface area contributed by atoms with E-state index >= 15 is 0 Å². The first kappa shape index (κ1) is 15.4. The number of H-pyrrole nitrogens is 1. The molecule has 0 aliphatic carbocycles. The van der Waals surface area contributed by atoms with Crippen molar-refractivity contribution in [3.05, 3.63) is 34.7 Å². The number of amides is 1. The van der Waals surface area contributed by atoms with Gasteiger partial charge in [-0.05, 0) is 54.1 Å². The van der Waals surface area contributed by atoms with Crippen LogP contribution in [0.15, 0.2) is 29.1 Å². The second kappa shape index (κ2) is 7.16. The van der Waals surface area contributed by atoms with E-state index in [2.05, 4.69) is 26.2 Å². The van der Waals surface area contributed by atoms with Crippen LogP contribution >= 0.6 is 0 Å². The Hall–Kier alpha value is -2.52. The minimum Gasteiger partial charge on any atom is -0.367 e. The molecule has 1 aromatic heterocycles. The third-order valence-corrected chi connectivity index (χ3v) is 3.57. The zero-order valence-electron chi connectivity index (χ0n) is 12.5. The predicted molar refractivity (Wildman–Crippen MR) is 82.5 cm³/mol. The summed E-state index contributed by atoms with van der Waals surface area (Å²) in [5.74, 6) is -0.207. The number of carbonyl (C=O) groups excluding carboxylic acids is 1. The number of ether oxygens (including phenoxy) is 1. The number of rotatable bonds is 5. The SMILES string of the molecule is O=C(COC1CCCNC1)Nc1ccc(-n2nn[nH]c2=O)cc1. The maximum Gasteiger partial charge on any atom is 0.365 e. The van der Waals surface area contributed by atoms with Gasteiger partial charge in [-0.15, -0.1) is 0 Å². The van der Waals surface area contributed by atoms with Gasteiger partial charge >= 0.3 is 5.69 Å². The van der Waals surface area contributed by atoms with Crippen molar-refractivity contribution in [2.24, 2.45) is 0 Å². The standard InChI is InChI=1S/C14H18N6O3/c21-13(9-23-12-2-1-7-15-8-12)16-10-3-5-11(6-4-10)20-14(22)17-18-19-20/h3-6,12,15H,1-2,7-9H2,(H,16,21)(H,17,19,22). The molecule has 3 rings (SSSR count). The fraction of sp³-hybridized carbons (Fsp3) is 0.429. The summed E-state index contributed by atoms with van der Waals surface area (Å²) in [6.07, 6.45) is 2.13. The number of benzene rings is 1. The summed E-state index contributed by atoms with van der Waals surface area (Å²) in [7, 11) is 0. The smallest absolute Gasteiger partial charge is 0.365 e. The van der Waals surface area contributed by atoms with E-state index in [1.807, 2.05) is 0 Å². The van der Waals surface area contributed by atoms with Crippen LogP contribution in [0.5, 0.6) is 0 Å². The molecule has 0 spiro atoms. The minimum absolute atomic E-state index is 0.0246. The summed E-state index contributed by atoms with van der Waals surface area (Å²) in [6, 6.07) is 6.73. The van der Waals surface area contributed by atoms with Crippen molar-refractivity contribution < 1.29 is 9.53 Å². The van der Waals surface area contributed by atoms with Gasteiger partial charge in [-0.3, -0.25) is 4.79 Å². The van der Waals surface area contributed by atoms with E-state index in [-0.39, 0.29) is 18.6 Å². The van der Waals surface area contributed by atoms with Gasteiger partial charge in [-0.25, -0.2) is 9.89 Å². The highest BCUT2D eigenvalue weighted by Gasteiger charge is 2.14. The number of aromatic nitrogens is 4. The van der Waals surface area contributed by atoms with Crippen molar-refractivity contribution in [3.8, 4) is 5.69 Å². The van der Waals surface area contributed by atoms with E-state index in [1.165, 1.54) is 0 Å². The molecule has 1 aliphatic heterocycles. The third kappa shape index (κ3) is 4.02. The van der Waals surface area contributed by atoms with Gasteiger partial charge in [0.15, 0.2) is 0 Å². The quantitative estimate of drug-likeness (QED) is 0.695. The number of hydrogen-bond donors (Lipinski definition) is 3. The van der Waals surface area contributed by atoms with Gasteiger partial charge in [0, 0.05) is 12.2 Å². The first-order valence-corrected chi connectivity index (χ1v) is 7.45. The lowest BCUT2D eigenvalue weighted by molar-refractivity contribution is -0.122. The number of anilines is 1. The van der Waals surface area contributed by atoms with Crippen LogP contribution in [0, 0.1) is 0 Å². The molecule has 2 aromatic rings. The lowest BCUT2D eigenvalue weighted by Crippen LogP contribution is -2.37. The molecule has 1 aromatic carbocycles. The molecule has 0 saturated carbocycles. The molecule has 0 radical (unpaired) electrons. The topological polar surface area (TPSA) is 114 Å². The molecule has 1 atom stereocenters. The Bertz CT molecular complexity index is 702.